The van der Waals surface area contributed by atoms with E-state index in [0.717, 1.165) is 6.07 Å². The maximum Gasteiger partial charge on any atom is 0.431 e. The summed E-state index contributed by atoms with van der Waals surface area (Å²) in [5.41, 5.74) is -0.200. The minimum Gasteiger partial charge on any atom is -0.376 e. The highest BCUT2D eigenvalue weighted by atomic mass is 19.4. The van der Waals surface area contributed by atoms with Crippen LogP contribution in [-0.2, 0) is 6.18 Å². The Kier molecular flexibility index (Phi) is 2.04. The summed E-state index contributed by atoms with van der Waals surface area (Å²) < 4.78 is 36.0. The summed E-state index contributed by atoms with van der Waals surface area (Å²) in [6.45, 7) is 0. The molecule has 1 rings (SSSR count). The van der Waals surface area contributed by atoms with Crippen molar-refractivity contribution in [1.29, 1.82) is 0 Å². The molecule has 0 saturated carbocycles. The first-order valence-corrected chi connectivity index (χ1v) is 3.34. The second-order valence-corrected chi connectivity index (χ2v) is 2.66. The van der Waals surface area contributed by atoms with Crippen LogP contribution < -0.4 is 4.90 Å². The molecule has 0 amide bonds. The Morgan fingerprint density at radius 2 is 1.92 bits per heavy atom. The maximum atomic E-state index is 12.0. The van der Waals surface area contributed by atoms with Gasteiger partial charge in [-0.05, 0) is 6.07 Å². The standard InChI is InChI=1S/C7H9F3N2/c1-12(2)5-3-6(11-4-5)7(8,9)10/h3-4,11H,1-2H3. The van der Waals surface area contributed by atoms with E-state index in [9.17, 15) is 13.2 Å². The Morgan fingerprint density at radius 3 is 2.17 bits per heavy atom. The van der Waals surface area contributed by atoms with Gasteiger partial charge in [0.05, 0.1) is 5.69 Å². The minimum absolute atomic E-state index is 0.516. The second kappa shape index (κ2) is 2.73. The van der Waals surface area contributed by atoms with Crippen LogP contribution in [0.1, 0.15) is 5.69 Å². The van der Waals surface area contributed by atoms with Crippen molar-refractivity contribution in [3.05, 3.63) is 18.0 Å². The van der Waals surface area contributed by atoms with Crippen LogP contribution in [0.25, 0.3) is 0 Å². The highest BCUT2D eigenvalue weighted by Crippen LogP contribution is 2.30. The van der Waals surface area contributed by atoms with Crippen LogP contribution in [0.4, 0.5) is 18.9 Å². The van der Waals surface area contributed by atoms with Crippen LogP contribution in [0.3, 0.4) is 0 Å². The van der Waals surface area contributed by atoms with Crippen molar-refractivity contribution in [2.45, 2.75) is 6.18 Å². The Labute approximate surface area is 68.0 Å². The average Bonchev–Trinajstić information content (AvgIpc) is 2.30. The number of nitrogens with one attached hydrogen (secondary N) is 1. The lowest BCUT2D eigenvalue weighted by atomic mass is 10.4. The van der Waals surface area contributed by atoms with Gasteiger partial charge in [0.15, 0.2) is 0 Å². The molecule has 1 aromatic rings. The zero-order valence-corrected chi connectivity index (χ0v) is 6.74. The van der Waals surface area contributed by atoms with E-state index in [2.05, 4.69) is 4.98 Å². The number of halogens is 3. The highest BCUT2D eigenvalue weighted by Gasteiger charge is 2.32. The molecule has 2 nitrogen and oxygen atoms in total. The van der Waals surface area contributed by atoms with E-state index in [1.54, 1.807) is 19.0 Å². The van der Waals surface area contributed by atoms with Crippen LogP contribution in [-0.4, -0.2) is 19.1 Å². The van der Waals surface area contributed by atoms with Crippen molar-refractivity contribution in [2.24, 2.45) is 0 Å². The largest absolute Gasteiger partial charge is 0.431 e. The van der Waals surface area contributed by atoms with Gasteiger partial charge in [-0.3, -0.25) is 0 Å². The fraction of sp³-hybridized carbons (Fsp3) is 0.429. The maximum absolute atomic E-state index is 12.0. The molecule has 0 aliphatic carbocycles. The fourth-order valence-electron chi connectivity index (χ4n) is 0.805. The number of anilines is 1. The van der Waals surface area contributed by atoms with Crippen LogP contribution in [0.2, 0.25) is 0 Å². The van der Waals surface area contributed by atoms with Gasteiger partial charge in [-0.15, -0.1) is 0 Å². The van der Waals surface area contributed by atoms with Crippen LogP contribution in [0.15, 0.2) is 12.3 Å². The number of hydrogen-bond acceptors (Lipinski definition) is 1. The molecule has 1 heterocycles. The zero-order valence-electron chi connectivity index (χ0n) is 6.74. The van der Waals surface area contributed by atoms with Crippen molar-refractivity contribution in [3.8, 4) is 0 Å². The molecule has 0 aliphatic rings. The molecule has 0 saturated heterocycles. The molecule has 1 aromatic heterocycles. The number of aromatic amines is 1. The van der Waals surface area contributed by atoms with E-state index in [1.807, 2.05) is 0 Å². The Morgan fingerprint density at radius 1 is 1.33 bits per heavy atom. The lowest BCUT2D eigenvalue weighted by molar-refractivity contribution is -0.140. The van der Waals surface area contributed by atoms with E-state index >= 15 is 0 Å². The minimum atomic E-state index is -4.28. The number of nitrogens with zero attached hydrogens (tertiary/aromatic N) is 1. The third kappa shape index (κ3) is 1.72. The van der Waals surface area contributed by atoms with E-state index in [-0.39, 0.29) is 0 Å². The number of alkyl halides is 3. The topological polar surface area (TPSA) is 19.0 Å². The molecule has 12 heavy (non-hydrogen) atoms. The van der Waals surface area contributed by atoms with E-state index < -0.39 is 11.9 Å². The molecule has 5 heteroatoms. The molecule has 0 atom stereocenters. The van der Waals surface area contributed by atoms with Crippen LogP contribution in [0, 0.1) is 0 Å². The second-order valence-electron chi connectivity index (χ2n) is 2.66. The summed E-state index contributed by atoms with van der Waals surface area (Å²) in [5.74, 6) is 0. The van der Waals surface area contributed by atoms with Gasteiger partial charge in [-0.25, -0.2) is 0 Å². The van der Waals surface area contributed by atoms with E-state index in [4.69, 9.17) is 0 Å². The average molecular weight is 178 g/mol. The number of rotatable bonds is 1. The van der Waals surface area contributed by atoms with Gasteiger partial charge in [0.1, 0.15) is 5.69 Å². The lowest BCUT2D eigenvalue weighted by Crippen LogP contribution is -2.07. The van der Waals surface area contributed by atoms with Crippen molar-refractivity contribution in [2.75, 3.05) is 19.0 Å². The summed E-state index contributed by atoms with van der Waals surface area (Å²) >= 11 is 0. The van der Waals surface area contributed by atoms with Gasteiger partial charge in [0.25, 0.3) is 0 Å². The first-order valence-electron chi connectivity index (χ1n) is 3.34. The third-order valence-corrected chi connectivity index (χ3v) is 1.49. The van der Waals surface area contributed by atoms with Crippen molar-refractivity contribution in [1.82, 2.24) is 4.98 Å². The summed E-state index contributed by atoms with van der Waals surface area (Å²) in [5, 5.41) is 0. The predicted octanol–water partition coefficient (Wildman–Crippen LogP) is 2.10. The number of aromatic nitrogens is 1. The van der Waals surface area contributed by atoms with Crippen molar-refractivity contribution < 1.29 is 13.2 Å². The zero-order chi connectivity index (χ0) is 9.35. The van der Waals surface area contributed by atoms with Crippen molar-refractivity contribution in [3.63, 3.8) is 0 Å². The Balaban J connectivity index is 2.92. The van der Waals surface area contributed by atoms with Crippen LogP contribution in [0.5, 0.6) is 0 Å². The van der Waals surface area contributed by atoms with E-state index in [0.29, 0.717) is 5.69 Å². The lowest BCUT2D eigenvalue weighted by Gasteiger charge is -2.07. The van der Waals surface area contributed by atoms with Gasteiger partial charge in [0.2, 0.25) is 0 Å². The molecule has 68 valence electrons. The molecule has 0 bridgehead atoms. The summed E-state index contributed by atoms with van der Waals surface area (Å²) in [6, 6.07) is 1.07. The molecule has 0 radical (unpaired) electrons. The van der Waals surface area contributed by atoms with Gasteiger partial charge < -0.3 is 9.88 Å². The third-order valence-electron chi connectivity index (χ3n) is 1.49. The number of hydrogen-bond donors (Lipinski definition) is 1. The quantitative estimate of drug-likeness (QED) is 0.697. The van der Waals surface area contributed by atoms with Crippen molar-refractivity contribution >= 4 is 5.69 Å². The van der Waals surface area contributed by atoms with Gasteiger partial charge in [-0.1, -0.05) is 0 Å². The summed E-state index contributed by atoms with van der Waals surface area (Å²) in [4.78, 5) is 3.76. The molecule has 0 fully saturated rings. The molecule has 0 spiro atoms. The first kappa shape index (κ1) is 8.96. The molecule has 0 aromatic carbocycles. The molecular weight excluding hydrogens is 169 g/mol. The smallest absolute Gasteiger partial charge is 0.376 e. The fourth-order valence-corrected chi connectivity index (χ4v) is 0.805. The molecule has 1 N–H and O–H groups in total. The van der Waals surface area contributed by atoms with Gasteiger partial charge >= 0.3 is 6.18 Å². The van der Waals surface area contributed by atoms with E-state index in [1.165, 1.54) is 6.20 Å². The highest BCUT2D eigenvalue weighted by molar-refractivity contribution is 5.45. The molecular formula is C7H9F3N2. The number of H-pyrrole nitrogens is 1. The van der Waals surface area contributed by atoms with Crippen LogP contribution >= 0.6 is 0 Å². The summed E-state index contributed by atoms with van der Waals surface area (Å²) in [6.07, 6.45) is -2.96. The first-order chi connectivity index (χ1) is 5.41. The summed E-state index contributed by atoms with van der Waals surface area (Å²) in [7, 11) is 3.37. The van der Waals surface area contributed by atoms with Gasteiger partial charge in [-0.2, -0.15) is 13.2 Å². The predicted molar refractivity (Wildman–Crippen MR) is 40.1 cm³/mol. The molecule has 0 unspecified atom stereocenters. The normalized spacial score (nSPS) is 11.8. The SMILES string of the molecule is CN(C)c1c[nH]c(C(F)(F)F)c1. The monoisotopic (exact) mass is 178 g/mol. The Bertz CT molecular complexity index is 262. The Hall–Kier alpha value is -1.13. The van der Waals surface area contributed by atoms with Gasteiger partial charge in [0, 0.05) is 20.3 Å². The molecule has 0 aliphatic heterocycles.